The normalized spacial score (nSPS) is 15.6. The van der Waals surface area contributed by atoms with Crippen LogP contribution in [-0.4, -0.2) is 42.7 Å². The lowest BCUT2D eigenvalue weighted by Crippen LogP contribution is -2.41. The van der Waals surface area contributed by atoms with Gasteiger partial charge in [-0.3, -0.25) is 4.79 Å². The molecular weight excluding hydrogens is 336 g/mol. The summed E-state index contributed by atoms with van der Waals surface area (Å²) in [5, 5.41) is 9.65. The van der Waals surface area contributed by atoms with Crippen LogP contribution in [0.1, 0.15) is 30.9 Å². The number of carboxylic acid groups (broad SMARTS) is 1. The van der Waals surface area contributed by atoms with E-state index in [0.29, 0.717) is 6.42 Å². The Morgan fingerprint density at radius 3 is 2.00 bits per heavy atom. The van der Waals surface area contributed by atoms with E-state index in [4.69, 9.17) is 0 Å². The van der Waals surface area contributed by atoms with Gasteiger partial charge in [0.25, 0.3) is 0 Å². The van der Waals surface area contributed by atoms with Crippen molar-refractivity contribution in [3.63, 3.8) is 0 Å². The van der Waals surface area contributed by atoms with Crippen LogP contribution in [0.5, 0.6) is 0 Å². The largest absolute Gasteiger partial charge is 0.481 e. The minimum Gasteiger partial charge on any atom is -0.481 e. The van der Waals surface area contributed by atoms with Crippen molar-refractivity contribution < 1.29 is 9.90 Å². The average Bonchev–Trinajstić information content (AvgIpc) is 2.81. The Bertz CT molecular complexity index is 740. The second-order valence-electron chi connectivity index (χ2n) is 7.58. The molecular formula is C23H30N2O2. The van der Waals surface area contributed by atoms with Gasteiger partial charge in [0.2, 0.25) is 0 Å². The highest BCUT2D eigenvalue weighted by Gasteiger charge is 2.29. The molecule has 1 aliphatic heterocycles. The van der Waals surface area contributed by atoms with E-state index in [1.165, 1.54) is 22.5 Å². The molecule has 0 amide bonds. The van der Waals surface area contributed by atoms with Gasteiger partial charge in [-0.15, -0.1) is 0 Å². The summed E-state index contributed by atoms with van der Waals surface area (Å²) in [5.74, 6) is -1.05. The van der Waals surface area contributed by atoms with E-state index in [9.17, 15) is 9.90 Å². The SMILES string of the molecule is CCC(C(=O)O)C(CCN1c2ccccc2CCc2ccccc21)N(C)C. The Labute approximate surface area is 162 Å². The molecule has 2 unspecified atom stereocenters. The molecule has 27 heavy (non-hydrogen) atoms. The fourth-order valence-corrected chi connectivity index (χ4v) is 4.30. The molecule has 1 N–H and O–H groups in total. The number of aryl methyl sites for hydroxylation is 2. The van der Waals surface area contributed by atoms with Crippen molar-refractivity contribution in [3.05, 3.63) is 59.7 Å². The van der Waals surface area contributed by atoms with Crippen LogP contribution in [0.3, 0.4) is 0 Å². The molecule has 3 rings (SSSR count). The van der Waals surface area contributed by atoms with Crippen molar-refractivity contribution in [1.82, 2.24) is 4.90 Å². The highest BCUT2D eigenvalue weighted by molar-refractivity contribution is 5.72. The Morgan fingerprint density at radius 1 is 1.04 bits per heavy atom. The topological polar surface area (TPSA) is 43.8 Å². The van der Waals surface area contributed by atoms with E-state index in [1.807, 2.05) is 21.0 Å². The molecule has 2 aromatic rings. The third kappa shape index (κ3) is 4.16. The Kier molecular flexibility index (Phi) is 6.17. The number of hydrogen-bond acceptors (Lipinski definition) is 3. The number of benzene rings is 2. The minimum absolute atomic E-state index is 0.00933. The summed E-state index contributed by atoms with van der Waals surface area (Å²) < 4.78 is 0. The predicted octanol–water partition coefficient (Wildman–Crippen LogP) is 4.35. The Hall–Kier alpha value is -2.33. The second kappa shape index (κ2) is 8.57. The first-order valence-corrected chi connectivity index (χ1v) is 9.85. The number of carbonyl (C=O) groups is 1. The zero-order valence-corrected chi connectivity index (χ0v) is 16.6. The molecule has 0 saturated heterocycles. The van der Waals surface area contributed by atoms with Gasteiger partial charge in [-0.05, 0) is 63.0 Å². The molecule has 4 nitrogen and oxygen atoms in total. The van der Waals surface area contributed by atoms with Crippen molar-refractivity contribution in [2.75, 3.05) is 25.5 Å². The van der Waals surface area contributed by atoms with Crippen LogP contribution in [0.15, 0.2) is 48.5 Å². The van der Waals surface area contributed by atoms with Crippen molar-refractivity contribution in [2.24, 2.45) is 5.92 Å². The molecule has 4 heteroatoms. The number of fused-ring (bicyclic) bond motifs is 2. The maximum Gasteiger partial charge on any atom is 0.308 e. The van der Waals surface area contributed by atoms with Gasteiger partial charge in [0.15, 0.2) is 0 Å². The first-order chi connectivity index (χ1) is 13.0. The van der Waals surface area contributed by atoms with Gasteiger partial charge in [-0.25, -0.2) is 0 Å². The van der Waals surface area contributed by atoms with Gasteiger partial charge in [0.1, 0.15) is 0 Å². The number of para-hydroxylation sites is 2. The summed E-state index contributed by atoms with van der Waals surface area (Å²) in [7, 11) is 3.97. The standard InChI is InChI=1S/C23H30N2O2/c1-4-19(23(26)27)22(24(2)3)15-16-25-20-11-7-5-9-17(20)13-14-18-10-6-8-12-21(18)25/h5-12,19,22H,4,13-16H2,1-3H3,(H,26,27). The molecule has 144 valence electrons. The average molecular weight is 367 g/mol. The maximum absolute atomic E-state index is 11.7. The van der Waals surface area contributed by atoms with Gasteiger partial charge < -0.3 is 14.9 Å². The van der Waals surface area contributed by atoms with Crippen LogP contribution in [-0.2, 0) is 17.6 Å². The van der Waals surface area contributed by atoms with E-state index in [0.717, 1.165) is 25.8 Å². The first kappa shape index (κ1) is 19.4. The quantitative estimate of drug-likeness (QED) is 0.791. The lowest BCUT2D eigenvalue weighted by Gasteiger charge is -2.33. The zero-order chi connectivity index (χ0) is 19.4. The molecule has 2 aromatic carbocycles. The molecule has 0 aliphatic carbocycles. The second-order valence-corrected chi connectivity index (χ2v) is 7.58. The lowest BCUT2D eigenvalue weighted by molar-refractivity contribution is -0.144. The van der Waals surface area contributed by atoms with Gasteiger partial charge in [0, 0.05) is 24.0 Å². The molecule has 1 heterocycles. The van der Waals surface area contributed by atoms with Crippen LogP contribution in [0, 0.1) is 5.92 Å². The van der Waals surface area contributed by atoms with E-state index in [1.54, 1.807) is 0 Å². The number of rotatable bonds is 7. The van der Waals surface area contributed by atoms with Gasteiger partial charge in [-0.2, -0.15) is 0 Å². The van der Waals surface area contributed by atoms with Crippen LogP contribution >= 0.6 is 0 Å². The third-order valence-electron chi connectivity index (χ3n) is 5.76. The minimum atomic E-state index is -0.701. The molecule has 2 atom stereocenters. The summed E-state index contributed by atoms with van der Waals surface area (Å²) in [6.45, 7) is 2.77. The van der Waals surface area contributed by atoms with E-state index >= 15 is 0 Å². The van der Waals surface area contributed by atoms with Gasteiger partial charge in [0.05, 0.1) is 5.92 Å². The zero-order valence-electron chi connectivity index (χ0n) is 16.6. The fourth-order valence-electron chi connectivity index (χ4n) is 4.30. The summed E-state index contributed by atoms with van der Waals surface area (Å²) in [6.07, 6.45) is 3.52. The lowest BCUT2D eigenvalue weighted by atomic mass is 9.93. The van der Waals surface area contributed by atoms with Crippen LogP contribution in [0.4, 0.5) is 11.4 Å². The Morgan fingerprint density at radius 2 is 1.56 bits per heavy atom. The third-order valence-corrected chi connectivity index (χ3v) is 5.76. The van der Waals surface area contributed by atoms with E-state index in [2.05, 4.69) is 58.3 Å². The molecule has 0 aromatic heterocycles. The molecule has 0 spiro atoms. The number of anilines is 2. The molecule has 0 saturated carbocycles. The van der Waals surface area contributed by atoms with Crippen molar-refractivity contribution >= 4 is 17.3 Å². The van der Waals surface area contributed by atoms with E-state index < -0.39 is 5.97 Å². The molecule has 0 fully saturated rings. The van der Waals surface area contributed by atoms with Crippen LogP contribution in [0.2, 0.25) is 0 Å². The molecule has 0 bridgehead atoms. The highest BCUT2D eigenvalue weighted by atomic mass is 16.4. The highest BCUT2D eigenvalue weighted by Crippen LogP contribution is 2.36. The number of hydrogen-bond donors (Lipinski definition) is 1. The first-order valence-electron chi connectivity index (χ1n) is 9.85. The summed E-state index contributed by atoms with van der Waals surface area (Å²) in [5.41, 5.74) is 5.23. The molecule has 0 radical (unpaired) electrons. The fraction of sp³-hybridized carbons (Fsp3) is 0.435. The maximum atomic E-state index is 11.7. The van der Waals surface area contributed by atoms with Crippen LogP contribution < -0.4 is 4.90 Å². The summed E-state index contributed by atoms with van der Waals surface area (Å²) in [4.78, 5) is 16.2. The van der Waals surface area contributed by atoms with Crippen molar-refractivity contribution in [3.8, 4) is 0 Å². The van der Waals surface area contributed by atoms with E-state index in [-0.39, 0.29) is 12.0 Å². The number of carboxylic acids is 1. The monoisotopic (exact) mass is 366 g/mol. The summed E-state index contributed by atoms with van der Waals surface area (Å²) >= 11 is 0. The van der Waals surface area contributed by atoms with Crippen molar-refractivity contribution in [1.29, 1.82) is 0 Å². The predicted molar refractivity (Wildman–Crippen MR) is 111 cm³/mol. The Balaban J connectivity index is 1.92. The smallest absolute Gasteiger partial charge is 0.308 e. The summed E-state index contributed by atoms with van der Waals surface area (Å²) in [6, 6.07) is 17.2. The molecule has 1 aliphatic rings. The number of aliphatic carboxylic acids is 1. The van der Waals surface area contributed by atoms with Gasteiger partial charge in [-0.1, -0.05) is 43.3 Å². The van der Waals surface area contributed by atoms with Gasteiger partial charge >= 0.3 is 5.97 Å². The number of nitrogens with zero attached hydrogens (tertiary/aromatic N) is 2. The van der Waals surface area contributed by atoms with Crippen LogP contribution in [0.25, 0.3) is 0 Å². The van der Waals surface area contributed by atoms with Crippen molar-refractivity contribution in [2.45, 2.75) is 38.6 Å².